The van der Waals surface area contributed by atoms with Gasteiger partial charge in [0.15, 0.2) is 0 Å². The Balaban J connectivity index is 1.85. The first-order valence-corrected chi connectivity index (χ1v) is 14.3. The zero-order valence-electron chi connectivity index (χ0n) is 22.5. The van der Waals surface area contributed by atoms with Crippen molar-refractivity contribution in [3.05, 3.63) is 53.6 Å². The van der Waals surface area contributed by atoms with E-state index in [0.717, 1.165) is 30.5 Å². The van der Waals surface area contributed by atoms with Crippen LogP contribution in [0.25, 0.3) is 0 Å². The topological polar surface area (TPSA) is 128 Å². The number of benzene rings is 2. The van der Waals surface area contributed by atoms with E-state index in [2.05, 4.69) is 10.0 Å². The normalized spacial score (nSPS) is 18.9. The minimum absolute atomic E-state index is 0.0476. The van der Waals surface area contributed by atoms with E-state index >= 15 is 0 Å². The van der Waals surface area contributed by atoms with Gasteiger partial charge in [-0.05, 0) is 49.4 Å². The predicted molar refractivity (Wildman–Crippen MR) is 144 cm³/mol. The fraction of sp³-hybridized carbons (Fsp3) is 0.462. The highest BCUT2D eigenvalue weighted by Crippen LogP contribution is 2.31. The molecule has 0 aliphatic carbocycles. The Labute approximate surface area is 231 Å². The van der Waals surface area contributed by atoms with Crippen molar-refractivity contribution in [2.45, 2.75) is 38.6 Å². The van der Waals surface area contributed by atoms with Crippen molar-refractivity contribution in [2.24, 2.45) is 5.92 Å². The van der Waals surface area contributed by atoms with E-state index in [1.54, 1.807) is 13.0 Å². The number of carbonyl (C=O) groups is 2. The van der Waals surface area contributed by atoms with Crippen molar-refractivity contribution in [2.75, 3.05) is 43.0 Å². The van der Waals surface area contributed by atoms with Gasteiger partial charge in [0.1, 0.15) is 11.9 Å². The average molecular weight is 587 g/mol. The molecule has 2 aromatic rings. The van der Waals surface area contributed by atoms with E-state index in [0.29, 0.717) is 11.3 Å². The molecular formula is C26H33F3N4O6S. The number of nitrogens with zero attached hydrogens (tertiary/aromatic N) is 2. The third-order valence-corrected chi connectivity index (χ3v) is 7.09. The maximum Gasteiger partial charge on any atom is 0.416 e. The standard InChI is InChI=1S/C26H33F3N4O6S/c1-16-13-33(17(2)15-34)24(35)12-18-11-21(31-40(4,37)38)9-10-22(18)39-23(16)14-32(3)25(36)30-20-7-5-19(6-8-20)26(27,28)29/h5-11,16-17,23,31,34H,12-15H2,1-4H3,(H,30,36)/t16-,17+,23-/m1/s1. The Morgan fingerprint density at radius 2 is 1.82 bits per heavy atom. The van der Waals surface area contributed by atoms with E-state index < -0.39 is 39.9 Å². The molecule has 3 rings (SSSR count). The number of anilines is 2. The number of hydrogen-bond donors (Lipinski definition) is 3. The van der Waals surface area contributed by atoms with Gasteiger partial charge in [0, 0.05) is 36.4 Å². The van der Waals surface area contributed by atoms with Crippen LogP contribution < -0.4 is 14.8 Å². The molecule has 0 saturated heterocycles. The molecule has 3 N–H and O–H groups in total. The minimum Gasteiger partial charge on any atom is -0.488 e. The highest BCUT2D eigenvalue weighted by atomic mass is 32.2. The van der Waals surface area contributed by atoms with Gasteiger partial charge in [-0.3, -0.25) is 9.52 Å². The highest BCUT2D eigenvalue weighted by Gasteiger charge is 2.32. The Morgan fingerprint density at radius 3 is 2.40 bits per heavy atom. The lowest BCUT2D eigenvalue weighted by Crippen LogP contribution is -2.48. The van der Waals surface area contributed by atoms with E-state index in [1.165, 1.54) is 29.0 Å². The number of likely N-dealkylation sites (N-methyl/N-ethyl adjacent to an activating group) is 1. The molecule has 220 valence electrons. The number of halogens is 3. The van der Waals surface area contributed by atoms with Gasteiger partial charge >= 0.3 is 12.2 Å². The molecule has 14 heteroatoms. The molecule has 0 saturated carbocycles. The van der Waals surface area contributed by atoms with Crippen LogP contribution in [0.5, 0.6) is 5.75 Å². The van der Waals surface area contributed by atoms with Crippen molar-refractivity contribution in [1.29, 1.82) is 0 Å². The molecule has 0 spiro atoms. The molecule has 0 radical (unpaired) electrons. The summed E-state index contributed by atoms with van der Waals surface area (Å²) in [5.74, 6) is -0.276. The summed E-state index contributed by atoms with van der Waals surface area (Å²) in [7, 11) is -2.07. The lowest BCUT2D eigenvalue weighted by atomic mass is 10.0. The summed E-state index contributed by atoms with van der Waals surface area (Å²) in [6.07, 6.45) is -4.24. The molecule has 10 nitrogen and oxygen atoms in total. The van der Waals surface area contributed by atoms with Crippen LogP contribution in [0.1, 0.15) is 25.0 Å². The minimum atomic E-state index is -4.50. The first-order chi connectivity index (χ1) is 18.6. The second kappa shape index (κ2) is 12.3. The van der Waals surface area contributed by atoms with Crippen LogP contribution in [0.15, 0.2) is 42.5 Å². The number of ether oxygens (including phenoxy) is 1. The van der Waals surface area contributed by atoms with E-state index in [1.807, 2.05) is 6.92 Å². The second-order valence-electron chi connectivity index (χ2n) is 9.97. The van der Waals surface area contributed by atoms with Gasteiger partial charge < -0.3 is 25.0 Å². The number of carbonyl (C=O) groups excluding carboxylic acids is 2. The molecular weight excluding hydrogens is 553 g/mol. The first-order valence-electron chi connectivity index (χ1n) is 12.4. The summed E-state index contributed by atoms with van der Waals surface area (Å²) in [5, 5.41) is 12.3. The van der Waals surface area contributed by atoms with E-state index in [4.69, 9.17) is 4.74 Å². The van der Waals surface area contributed by atoms with E-state index in [9.17, 15) is 36.3 Å². The summed E-state index contributed by atoms with van der Waals surface area (Å²) in [5.41, 5.74) is 0.00977. The Morgan fingerprint density at radius 1 is 1.20 bits per heavy atom. The van der Waals surface area contributed by atoms with Crippen LogP contribution >= 0.6 is 0 Å². The number of sulfonamides is 1. The molecule has 3 atom stereocenters. The molecule has 0 unspecified atom stereocenters. The Hall–Kier alpha value is -3.52. The van der Waals surface area contributed by atoms with Crippen molar-refractivity contribution < 1.29 is 41.0 Å². The third kappa shape index (κ3) is 8.24. The number of amides is 3. The van der Waals surface area contributed by atoms with Crippen LogP contribution in [0.4, 0.5) is 29.3 Å². The molecule has 0 fully saturated rings. The predicted octanol–water partition coefficient (Wildman–Crippen LogP) is 3.39. The molecule has 0 bridgehead atoms. The first kappa shape index (κ1) is 31.0. The van der Waals surface area contributed by atoms with Crippen molar-refractivity contribution in [1.82, 2.24) is 9.80 Å². The summed E-state index contributed by atoms with van der Waals surface area (Å²) in [6.45, 7) is 3.52. The Kier molecular flexibility index (Phi) is 9.56. The van der Waals surface area contributed by atoms with Gasteiger partial charge in [-0.1, -0.05) is 6.92 Å². The number of aliphatic hydroxyl groups is 1. The number of fused-ring (bicyclic) bond motifs is 1. The monoisotopic (exact) mass is 586 g/mol. The SMILES string of the molecule is C[C@@H]1CN([C@@H](C)CO)C(=O)Cc2cc(NS(C)(=O)=O)ccc2O[C@@H]1CN(C)C(=O)Nc1ccc(C(F)(F)F)cc1. The van der Waals surface area contributed by atoms with Crippen LogP contribution in [0.2, 0.25) is 0 Å². The van der Waals surface area contributed by atoms with Gasteiger partial charge in [0.05, 0.1) is 37.4 Å². The molecule has 2 aromatic carbocycles. The van der Waals surface area contributed by atoms with Gasteiger partial charge in [-0.25, -0.2) is 13.2 Å². The van der Waals surface area contributed by atoms with Gasteiger partial charge in [-0.2, -0.15) is 13.2 Å². The largest absolute Gasteiger partial charge is 0.488 e. The zero-order valence-corrected chi connectivity index (χ0v) is 23.3. The molecule has 3 amide bonds. The van der Waals surface area contributed by atoms with Crippen LogP contribution in [-0.4, -0.2) is 80.4 Å². The van der Waals surface area contributed by atoms with Crippen molar-refractivity contribution >= 4 is 33.3 Å². The molecule has 1 heterocycles. The van der Waals surface area contributed by atoms with Gasteiger partial charge in [0.25, 0.3) is 0 Å². The fourth-order valence-corrected chi connectivity index (χ4v) is 4.79. The Bertz CT molecular complexity index is 1320. The average Bonchev–Trinajstić information content (AvgIpc) is 2.90. The van der Waals surface area contributed by atoms with Crippen LogP contribution in [0, 0.1) is 5.92 Å². The molecule has 0 aromatic heterocycles. The second-order valence-corrected chi connectivity index (χ2v) is 11.7. The number of alkyl halides is 3. The summed E-state index contributed by atoms with van der Waals surface area (Å²) in [4.78, 5) is 28.9. The molecule has 1 aliphatic rings. The van der Waals surface area contributed by atoms with Gasteiger partial charge in [-0.15, -0.1) is 0 Å². The van der Waals surface area contributed by atoms with Crippen molar-refractivity contribution in [3.63, 3.8) is 0 Å². The quantitative estimate of drug-likeness (QED) is 0.457. The fourth-order valence-electron chi connectivity index (χ4n) is 4.24. The van der Waals surface area contributed by atoms with Crippen molar-refractivity contribution in [3.8, 4) is 5.75 Å². The maximum atomic E-state index is 13.2. The summed E-state index contributed by atoms with van der Waals surface area (Å²) in [6, 6.07) is 7.52. The van der Waals surface area contributed by atoms with E-state index in [-0.39, 0.29) is 49.3 Å². The van der Waals surface area contributed by atoms with Crippen LogP contribution in [-0.2, 0) is 27.4 Å². The molecule has 40 heavy (non-hydrogen) atoms. The maximum absolute atomic E-state index is 13.2. The third-order valence-electron chi connectivity index (χ3n) is 6.48. The lowest BCUT2D eigenvalue weighted by Gasteiger charge is -2.34. The smallest absolute Gasteiger partial charge is 0.416 e. The zero-order chi connectivity index (χ0) is 29.8. The molecule has 1 aliphatic heterocycles. The summed E-state index contributed by atoms with van der Waals surface area (Å²) < 4.78 is 70.6. The number of urea groups is 1. The number of rotatable bonds is 7. The lowest BCUT2D eigenvalue weighted by molar-refractivity contribution is -0.137. The number of nitrogens with one attached hydrogen (secondary N) is 2. The highest BCUT2D eigenvalue weighted by molar-refractivity contribution is 7.92. The number of aliphatic hydroxyl groups excluding tert-OH is 1. The number of hydrogen-bond acceptors (Lipinski definition) is 6. The van der Waals surface area contributed by atoms with Gasteiger partial charge in [0.2, 0.25) is 15.9 Å². The van der Waals surface area contributed by atoms with Crippen LogP contribution in [0.3, 0.4) is 0 Å². The summed E-state index contributed by atoms with van der Waals surface area (Å²) >= 11 is 0.